The molecule has 0 bridgehead atoms. The van der Waals surface area contributed by atoms with Crippen molar-refractivity contribution in [3.63, 3.8) is 0 Å². The maximum Gasteiger partial charge on any atom is 0.208 e. The van der Waals surface area contributed by atoms with Gasteiger partial charge < -0.3 is 4.90 Å². The van der Waals surface area contributed by atoms with Gasteiger partial charge in [0.1, 0.15) is 5.01 Å². The summed E-state index contributed by atoms with van der Waals surface area (Å²) in [4.78, 5) is 2.38. The quantitative estimate of drug-likeness (QED) is 0.832. The van der Waals surface area contributed by atoms with Crippen molar-refractivity contribution in [2.45, 2.75) is 26.7 Å². The highest BCUT2D eigenvalue weighted by Crippen LogP contribution is 2.34. The molecule has 0 saturated carbocycles. The fourth-order valence-electron chi connectivity index (χ4n) is 2.63. The first kappa shape index (κ1) is 12.6. The van der Waals surface area contributed by atoms with Crippen LogP contribution in [0.1, 0.15) is 26.7 Å². The molecule has 3 rings (SSSR count). The first-order valence-electron chi connectivity index (χ1n) is 6.78. The molecule has 4 heteroatoms. The van der Waals surface area contributed by atoms with Gasteiger partial charge in [-0.3, -0.25) is 0 Å². The monoisotopic (exact) mass is 273 g/mol. The van der Waals surface area contributed by atoms with E-state index in [2.05, 4.69) is 41.1 Å². The van der Waals surface area contributed by atoms with Crippen molar-refractivity contribution in [2.75, 3.05) is 18.0 Å². The second-order valence-corrected chi connectivity index (χ2v) is 6.90. The zero-order valence-corrected chi connectivity index (χ0v) is 12.3. The molecule has 1 aromatic heterocycles. The van der Waals surface area contributed by atoms with E-state index in [0.29, 0.717) is 5.41 Å². The summed E-state index contributed by atoms with van der Waals surface area (Å²) in [5.41, 5.74) is 1.54. The third-order valence-corrected chi connectivity index (χ3v) is 4.64. The van der Waals surface area contributed by atoms with E-state index in [1.165, 1.54) is 12.8 Å². The van der Waals surface area contributed by atoms with Crippen molar-refractivity contribution >= 4 is 16.5 Å². The fraction of sp³-hybridized carbons (Fsp3) is 0.467. The molecule has 0 atom stereocenters. The van der Waals surface area contributed by atoms with Crippen LogP contribution in [-0.4, -0.2) is 23.3 Å². The van der Waals surface area contributed by atoms with Crippen LogP contribution in [0.3, 0.4) is 0 Å². The molecule has 1 aliphatic heterocycles. The molecular weight excluding hydrogens is 254 g/mol. The zero-order valence-electron chi connectivity index (χ0n) is 11.5. The highest BCUT2D eigenvalue weighted by Gasteiger charge is 2.28. The third kappa shape index (κ3) is 2.78. The lowest BCUT2D eigenvalue weighted by molar-refractivity contribution is 0.293. The number of hydrogen-bond acceptors (Lipinski definition) is 4. The highest BCUT2D eigenvalue weighted by atomic mass is 32.1. The van der Waals surface area contributed by atoms with Gasteiger partial charge in [0.25, 0.3) is 0 Å². The molecule has 2 aromatic rings. The average Bonchev–Trinajstić information content (AvgIpc) is 2.88. The van der Waals surface area contributed by atoms with E-state index in [1.54, 1.807) is 11.3 Å². The van der Waals surface area contributed by atoms with Crippen LogP contribution in [0.25, 0.3) is 10.6 Å². The molecule has 2 heterocycles. The van der Waals surface area contributed by atoms with Gasteiger partial charge in [-0.05, 0) is 18.3 Å². The van der Waals surface area contributed by atoms with Crippen LogP contribution in [0, 0.1) is 5.41 Å². The summed E-state index contributed by atoms with van der Waals surface area (Å²) in [7, 11) is 0. The van der Waals surface area contributed by atoms with E-state index in [1.807, 2.05) is 18.2 Å². The van der Waals surface area contributed by atoms with Crippen molar-refractivity contribution in [1.82, 2.24) is 10.2 Å². The Labute approximate surface area is 118 Å². The summed E-state index contributed by atoms with van der Waals surface area (Å²) in [6.45, 7) is 6.85. The highest BCUT2D eigenvalue weighted by molar-refractivity contribution is 7.18. The number of aromatic nitrogens is 2. The van der Waals surface area contributed by atoms with Gasteiger partial charge >= 0.3 is 0 Å². The SMILES string of the molecule is CC1(C)CCCN(c2nnc(-c3ccccc3)s2)C1. The Bertz CT molecular complexity index is 548. The van der Waals surface area contributed by atoms with E-state index in [0.717, 1.165) is 28.8 Å². The van der Waals surface area contributed by atoms with E-state index < -0.39 is 0 Å². The molecule has 1 aromatic carbocycles. The molecule has 1 fully saturated rings. The topological polar surface area (TPSA) is 29.0 Å². The summed E-state index contributed by atoms with van der Waals surface area (Å²) in [6, 6.07) is 10.3. The Hall–Kier alpha value is -1.42. The summed E-state index contributed by atoms with van der Waals surface area (Å²) in [5, 5.41) is 10.8. The van der Waals surface area contributed by atoms with Crippen LogP contribution in [0.15, 0.2) is 30.3 Å². The van der Waals surface area contributed by atoms with Crippen LogP contribution in [0.5, 0.6) is 0 Å². The molecule has 0 unspecified atom stereocenters. The molecule has 100 valence electrons. The number of rotatable bonds is 2. The lowest BCUT2D eigenvalue weighted by Crippen LogP contribution is -2.40. The number of anilines is 1. The predicted molar refractivity (Wildman–Crippen MR) is 80.6 cm³/mol. The zero-order chi connectivity index (χ0) is 13.3. The molecule has 3 nitrogen and oxygen atoms in total. The van der Waals surface area contributed by atoms with E-state index in [9.17, 15) is 0 Å². The van der Waals surface area contributed by atoms with Crippen LogP contribution in [0.2, 0.25) is 0 Å². The van der Waals surface area contributed by atoms with Crippen molar-refractivity contribution in [2.24, 2.45) is 5.41 Å². The maximum atomic E-state index is 4.38. The Kier molecular flexibility index (Phi) is 3.27. The summed E-state index contributed by atoms with van der Waals surface area (Å²) in [6.07, 6.45) is 2.54. The van der Waals surface area contributed by atoms with E-state index >= 15 is 0 Å². The van der Waals surface area contributed by atoms with Gasteiger partial charge in [0.15, 0.2) is 0 Å². The molecule has 1 aliphatic rings. The third-order valence-electron chi connectivity index (χ3n) is 3.61. The average molecular weight is 273 g/mol. The molecular formula is C15H19N3S. The van der Waals surface area contributed by atoms with Gasteiger partial charge in [0.05, 0.1) is 0 Å². The second-order valence-electron chi connectivity index (χ2n) is 5.95. The van der Waals surface area contributed by atoms with Gasteiger partial charge in [-0.25, -0.2) is 0 Å². The minimum Gasteiger partial charge on any atom is -0.346 e. The Morgan fingerprint density at radius 2 is 1.95 bits per heavy atom. The lowest BCUT2D eigenvalue weighted by atomic mass is 9.84. The Balaban J connectivity index is 1.82. The van der Waals surface area contributed by atoms with E-state index in [4.69, 9.17) is 0 Å². The van der Waals surface area contributed by atoms with Crippen LogP contribution < -0.4 is 4.90 Å². The van der Waals surface area contributed by atoms with Crippen LogP contribution in [-0.2, 0) is 0 Å². The first-order chi connectivity index (χ1) is 9.14. The van der Waals surface area contributed by atoms with Crippen molar-refractivity contribution in [3.8, 4) is 10.6 Å². The molecule has 1 saturated heterocycles. The standard InChI is InChI=1S/C15H19N3S/c1-15(2)9-6-10-18(11-15)14-17-16-13(19-14)12-7-4-3-5-8-12/h3-5,7-8H,6,9-11H2,1-2H3. The summed E-state index contributed by atoms with van der Waals surface area (Å²) >= 11 is 1.70. The number of hydrogen-bond donors (Lipinski definition) is 0. The van der Waals surface area contributed by atoms with Gasteiger partial charge in [-0.2, -0.15) is 0 Å². The molecule has 0 spiro atoms. The smallest absolute Gasteiger partial charge is 0.208 e. The molecule has 0 N–H and O–H groups in total. The second kappa shape index (κ2) is 4.93. The van der Waals surface area contributed by atoms with Crippen molar-refractivity contribution in [3.05, 3.63) is 30.3 Å². The summed E-state index contributed by atoms with van der Waals surface area (Å²) in [5.74, 6) is 0. The summed E-state index contributed by atoms with van der Waals surface area (Å²) < 4.78 is 0. The molecule has 0 radical (unpaired) electrons. The van der Waals surface area contributed by atoms with Gasteiger partial charge in [0, 0.05) is 18.7 Å². The predicted octanol–water partition coefficient (Wildman–Crippen LogP) is 3.83. The number of piperidine rings is 1. The minimum atomic E-state index is 0.386. The van der Waals surface area contributed by atoms with Crippen molar-refractivity contribution in [1.29, 1.82) is 0 Å². The Morgan fingerprint density at radius 3 is 2.68 bits per heavy atom. The molecule has 0 aliphatic carbocycles. The minimum absolute atomic E-state index is 0.386. The van der Waals surface area contributed by atoms with Gasteiger partial charge in [-0.15, -0.1) is 10.2 Å². The fourth-order valence-corrected chi connectivity index (χ4v) is 3.50. The van der Waals surface area contributed by atoms with Gasteiger partial charge in [-0.1, -0.05) is 55.5 Å². The van der Waals surface area contributed by atoms with Crippen LogP contribution >= 0.6 is 11.3 Å². The lowest BCUT2D eigenvalue weighted by Gasteiger charge is -2.37. The van der Waals surface area contributed by atoms with Gasteiger partial charge in [0.2, 0.25) is 5.13 Å². The van der Waals surface area contributed by atoms with Crippen molar-refractivity contribution < 1.29 is 0 Å². The normalized spacial score (nSPS) is 18.5. The maximum absolute atomic E-state index is 4.38. The number of benzene rings is 1. The largest absolute Gasteiger partial charge is 0.346 e. The molecule has 0 amide bonds. The van der Waals surface area contributed by atoms with E-state index in [-0.39, 0.29) is 0 Å². The molecule has 19 heavy (non-hydrogen) atoms. The Morgan fingerprint density at radius 1 is 1.16 bits per heavy atom. The van der Waals surface area contributed by atoms with Crippen LogP contribution in [0.4, 0.5) is 5.13 Å². The number of nitrogens with zero attached hydrogens (tertiary/aromatic N) is 3. The first-order valence-corrected chi connectivity index (χ1v) is 7.60.